The van der Waals surface area contributed by atoms with Crippen molar-refractivity contribution in [3.63, 3.8) is 0 Å². The van der Waals surface area contributed by atoms with E-state index in [1.807, 2.05) is 0 Å². The van der Waals surface area contributed by atoms with Crippen molar-refractivity contribution in [1.29, 1.82) is 0 Å². The van der Waals surface area contributed by atoms with Gasteiger partial charge in [-0.25, -0.2) is 0 Å². The van der Waals surface area contributed by atoms with Gasteiger partial charge in [0.15, 0.2) is 0 Å². The summed E-state index contributed by atoms with van der Waals surface area (Å²) >= 11 is 10.1. The molecule has 0 saturated carbocycles. The van der Waals surface area contributed by atoms with E-state index in [-0.39, 0.29) is 5.38 Å². The summed E-state index contributed by atoms with van der Waals surface area (Å²) in [7, 11) is 1.73. The Morgan fingerprint density at radius 1 is 1.38 bits per heavy atom. The number of ether oxygens (including phenoxy) is 1. The van der Waals surface area contributed by atoms with Crippen LogP contribution in [0.25, 0.3) is 0 Å². The topological polar surface area (TPSA) is 9.23 Å². The van der Waals surface area contributed by atoms with Gasteiger partial charge in [0, 0.05) is 10.0 Å². The number of hydrogen-bond donors (Lipinski definition) is 0. The fourth-order valence-corrected chi connectivity index (χ4v) is 3.56. The molecule has 88 valence electrons. The van der Waals surface area contributed by atoms with Crippen molar-refractivity contribution in [2.24, 2.45) is 0 Å². The molecule has 2 atom stereocenters. The van der Waals surface area contributed by atoms with E-state index in [2.05, 4.69) is 35.8 Å². The van der Waals surface area contributed by atoms with Gasteiger partial charge in [0.25, 0.3) is 0 Å². The Hall–Kier alpha value is -0.210. The average molecular weight is 304 g/mol. The van der Waals surface area contributed by atoms with Crippen LogP contribution in [0.15, 0.2) is 10.5 Å². The van der Waals surface area contributed by atoms with Crippen molar-refractivity contribution >= 4 is 27.5 Å². The highest BCUT2D eigenvalue weighted by Gasteiger charge is 2.29. The van der Waals surface area contributed by atoms with Crippen molar-refractivity contribution in [3.05, 3.63) is 27.2 Å². The summed E-state index contributed by atoms with van der Waals surface area (Å²) in [6, 6.07) is 2.09. The summed E-state index contributed by atoms with van der Waals surface area (Å²) in [5.74, 6) is 1.50. The maximum atomic E-state index is 6.43. The van der Waals surface area contributed by atoms with Crippen LogP contribution >= 0.6 is 27.5 Å². The largest absolute Gasteiger partial charge is 0.496 e. The fraction of sp³-hybridized carbons (Fsp3) is 0.538. The van der Waals surface area contributed by atoms with Gasteiger partial charge in [0.05, 0.1) is 12.5 Å². The number of hydrogen-bond acceptors (Lipinski definition) is 1. The average Bonchev–Trinajstić information content (AvgIpc) is 2.27. The Morgan fingerprint density at radius 3 is 2.69 bits per heavy atom. The third-order valence-corrected chi connectivity index (χ3v) is 4.85. The van der Waals surface area contributed by atoms with Gasteiger partial charge < -0.3 is 4.74 Å². The number of rotatable bonds is 1. The molecular weight excluding hydrogens is 287 g/mol. The van der Waals surface area contributed by atoms with Crippen molar-refractivity contribution in [2.45, 2.75) is 38.0 Å². The summed E-state index contributed by atoms with van der Waals surface area (Å²) < 4.78 is 6.64. The normalized spacial score (nSPS) is 24.1. The van der Waals surface area contributed by atoms with Crippen LogP contribution in [0.5, 0.6) is 5.75 Å². The molecular formula is C13H16BrClO. The Labute approximate surface area is 110 Å². The van der Waals surface area contributed by atoms with E-state index >= 15 is 0 Å². The molecule has 0 N–H and O–H groups in total. The molecule has 16 heavy (non-hydrogen) atoms. The molecule has 0 fully saturated rings. The van der Waals surface area contributed by atoms with E-state index in [0.29, 0.717) is 5.92 Å². The number of aryl methyl sites for hydroxylation is 1. The predicted molar refractivity (Wildman–Crippen MR) is 71.7 cm³/mol. The third kappa shape index (κ3) is 1.86. The lowest BCUT2D eigenvalue weighted by Crippen LogP contribution is -2.12. The van der Waals surface area contributed by atoms with Crippen LogP contribution in [-0.2, 0) is 0 Å². The molecule has 0 amide bonds. The van der Waals surface area contributed by atoms with E-state index in [9.17, 15) is 0 Å². The number of alkyl halides is 1. The first-order valence-electron chi connectivity index (χ1n) is 5.57. The van der Waals surface area contributed by atoms with Crippen molar-refractivity contribution in [3.8, 4) is 5.75 Å². The summed E-state index contributed by atoms with van der Waals surface area (Å²) in [5, 5.41) is 0.106. The fourth-order valence-electron chi connectivity index (χ4n) is 2.47. The molecule has 0 aromatic heterocycles. The second-order valence-corrected chi connectivity index (χ2v) is 5.80. The highest BCUT2D eigenvalue weighted by molar-refractivity contribution is 9.10. The minimum absolute atomic E-state index is 0.106. The Kier molecular flexibility index (Phi) is 3.50. The van der Waals surface area contributed by atoms with Gasteiger partial charge in [0.2, 0.25) is 0 Å². The smallest absolute Gasteiger partial charge is 0.122 e. The zero-order valence-electron chi connectivity index (χ0n) is 9.81. The molecule has 0 saturated heterocycles. The van der Waals surface area contributed by atoms with Gasteiger partial charge in [-0.05, 0) is 42.9 Å². The number of methoxy groups -OCH3 is 1. The Bertz CT molecular complexity index is 417. The summed E-state index contributed by atoms with van der Waals surface area (Å²) in [6.45, 7) is 4.32. The second kappa shape index (κ2) is 4.58. The molecule has 1 aliphatic rings. The number of benzene rings is 1. The highest BCUT2D eigenvalue weighted by atomic mass is 79.9. The minimum atomic E-state index is 0.106. The monoisotopic (exact) mass is 302 g/mol. The number of fused-ring (bicyclic) bond motifs is 1. The Morgan fingerprint density at radius 2 is 2.06 bits per heavy atom. The van der Waals surface area contributed by atoms with Crippen molar-refractivity contribution in [2.75, 3.05) is 7.11 Å². The van der Waals surface area contributed by atoms with Gasteiger partial charge in [-0.3, -0.25) is 0 Å². The number of halogens is 2. The highest BCUT2D eigenvalue weighted by Crippen LogP contribution is 2.48. The van der Waals surface area contributed by atoms with E-state index in [1.165, 1.54) is 16.7 Å². The molecule has 0 spiro atoms. The van der Waals surface area contributed by atoms with Crippen LogP contribution in [0.1, 0.15) is 47.8 Å². The molecule has 2 unspecified atom stereocenters. The quantitative estimate of drug-likeness (QED) is 0.667. The van der Waals surface area contributed by atoms with Gasteiger partial charge in [-0.2, -0.15) is 0 Å². The van der Waals surface area contributed by atoms with Gasteiger partial charge in [-0.15, -0.1) is 11.6 Å². The second-order valence-electron chi connectivity index (χ2n) is 4.48. The van der Waals surface area contributed by atoms with Crippen LogP contribution in [0.2, 0.25) is 0 Å². The molecule has 1 aliphatic carbocycles. The van der Waals surface area contributed by atoms with Gasteiger partial charge >= 0.3 is 0 Å². The first kappa shape index (κ1) is 12.3. The van der Waals surface area contributed by atoms with E-state index in [1.54, 1.807) is 7.11 Å². The molecule has 3 heteroatoms. The SMILES string of the molecule is COc1cc(C)c(Br)c2c1C(C)CCC2Cl. The molecule has 0 aliphatic heterocycles. The lowest BCUT2D eigenvalue weighted by atomic mass is 9.82. The zero-order valence-corrected chi connectivity index (χ0v) is 12.2. The first-order valence-corrected chi connectivity index (χ1v) is 6.80. The Balaban J connectivity index is 2.70. The van der Waals surface area contributed by atoms with Gasteiger partial charge in [0.1, 0.15) is 5.75 Å². The lowest BCUT2D eigenvalue weighted by Gasteiger charge is -2.29. The minimum Gasteiger partial charge on any atom is -0.496 e. The summed E-state index contributed by atoms with van der Waals surface area (Å²) in [4.78, 5) is 0. The van der Waals surface area contributed by atoms with E-state index < -0.39 is 0 Å². The molecule has 2 rings (SSSR count). The molecule has 0 bridgehead atoms. The zero-order chi connectivity index (χ0) is 11.9. The van der Waals surface area contributed by atoms with Crippen LogP contribution in [0.3, 0.4) is 0 Å². The predicted octanol–water partition coefficient (Wildman–Crippen LogP) is 4.94. The maximum absolute atomic E-state index is 6.43. The van der Waals surface area contributed by atoms with Crippen LogP contribution in [0.4, 0.5) is 0 Å². The van der Waals surface area contributed by atoms with E-state index in [0.717, 1.165) is 23.1 Å². The standard InChI is InChI=1S/C13H16BrClO/c1-7-4-5-9(15)12-11(7)10(16-3)6-8(2)13(12)14/h6-7,9H,4-5H2,1-3H3. The van der Waals surface area contributed by atoms with E-state index in [4.69, 9.17) is 16.3 Å². The molecule has 1 aromatic rings. The van der Waals surface area contributed by atoms with Crippen LogP contribution in [0, 0.1) is 6.92 Å². The maximum Gasteiger partial charge on any atom is 0.122 e. The molecule has 1 aromatic carbocycles. The van der Waals surface area contributed by atoms with Crippen LogP contribution < -0.4 is 4.74 Å². The summed E-state index contributed by atoms with van der Waals surface area (Å²) in [5.41, 5.74) is 3.71. The summed E-state index contributed by atoms with van der Waals surface area (Å²) in [6.07, 6.45) is 2.17. The molecule has 1 nitrogen and oxygen atoms in total. The molecule has 0 radical (unpaired) electrons. The van der Waals surface area contributed by atoms with Gasteiger partial charge in [-0.1, -0.05) is 22.9 Å². The van der Waals surface area contributed by atoms with Crippen molar-refractivity contribution in [1.82, 2.24) is 0 Å². The first-order chi connectivity index (χ1) is 7.56. The lowest BCUT2D eigenvalue weighted by molar-refractivity contribution is 0.399. The molecule has 0 heterocycles. The van der Waals surface area contributed by atoms with Crippen LogP contribution in [-0.4, -0.2) is 7.11 Å². The third-order valence-electron chi connectivity index (χ3n) is 3.36. The van der Waals surface area contributed by atoms with Crippen molar-refractivity contribution < 1.29 is 4.74 Å².